The monoisotopic (exact) mass is 267 g/mol. The first kappa shape index (κ1) is 12.4. The fourth-order valence-corrected chi connectivity index (χ4v) is 2.46. The summed E-state index contributed by atoms with van der Waals surface area (Å²) in [5.41, 5.74) is 6.70. The number of hydrogen-bond donors (Lipinski definition) is 1. The summed E-state index contributed by atoms with van der Waals surface area (Å²) in [6, 6.07) is 9.83. The van der Waals surface area contributed by atoms with Gasteiger partial charge in [-0.3, -0.25) is 0 Å². The van der Waals surface area contributed by atoms with Crippen molar-refractivity contribution < 1.29 is 4.74 Å². The van der Waals surface area contributed by atoms with E-state index in [1.165, 1.54) is 4.88 Å². The standard InChI is InChI=1S/C13H14ClNOS/c1-9-2-5-12(14)13(6-9)16-8-11-4-3-10(7-15)17-11/h2-6H,7-8,15H2,1H3. The lowest BCUT2D eigenvalue weighted by Crippen LogP contribution is -1.94. The Kier molecular flexibility index (Phi) is 4.05. The summed E-state index contributed by atoms with van der Waals surface area (Å²) in [7, 11) is 0. The van der Waals surface area contributed by atoms with Crippen LogP contribution in [0.1, 0.15) is 15.3 Å². The van der Waals surface area contributed by atoms with Gasteiger partial charge in [0.15, 0.2) is 0 Å². The number of halogens is 1. The second kappa shape index (κ2) is 5.54. The Hall–Kier alpha value is -1.03. The van der Waals surface area contributed by atoms with Gasteiger partial charge in [-0.2, -0.15) is 0 Å². The van der Waals surface area contributed by atoms with Crippen molar-refractivity contribution in [2.24, 2.45) is 5.73 Å². The Labute approximate surface area is 110 Å². The van der Waals surface area contributed by atoms with Gasteiger partial charge in [0.1, 0.15) is 12.4 Å². The highest BCUT2D eigenvalue weighted by Crippen LogP contribution is 2.27. The topological polar surface area (TPSA) is 35.2 Å². The maximum atomic E-state index is 6.05. The number of nitrogens with two attached hydrogens (primary N) is 1. The molecule has 0 fully saturated rings. The molecule has 0 bridgehead atoms. The number of benzene rings is 1. The van der Waals surface area contributed by atoms with E-state index in [1.54, 1.807) is 11.3 Å². The van der Waals surface area contributed by atoms with Crippen molar-refractivity contribution in [2.75, 3.05) is 0 Å². The molecule has 1 heterocycles. The smallest absolute Gasteiger partial charge is 0.138 e. The number of ether oxygens (including phenoxy) is 1. The Morgan fingerprint density at radius 2 is 2.00 bits per heavy atom. The molecule has 0 aliphatic rings. The van der Waals surface area contributed by atoms with E-state index in [1.807, 2.05) is 37.3 Å². The van der Waals surface area contributed by atoms with Crippen LogP contribution in [-0.4, -0.2) is 0 Å². The average molecular weight is 268 g/mol. The molecule has 0 unspecified atom stereocenters. The van der Waals surface area contributed by atoms with E-state index in [9.17, 15) is 0 Å². The molecule has 2 aromatic rings. The summed E-state index contributed by atoms with van der Waals surface area (Å²) in [5.74, 6) is 0.731. The minimum absolute atomic E-state index is 0.536. The second-order valence-electron chi connectivity index (χ2n) is 3.79. The van der Waals surface area contributed by atoms with Crippen LogP contribution in [0.25, 0.3) is 0 Å². The van der Waals surface area contributed by atoms with Gasteiger partial charge < -0.3 is 10.5 Å². The van der Waals surface area contributed by atoms with Crippen LogP contribution in [0.3, 0.4) is 0 Å². The fraction of sp³-hybridized carbons (Fsp3) is 0.231. The molecule has 0 spiro atoms. The zero-order valence-electron chi connectivity index (χ0n) is 9.57. The lowest BCUT2D eigenvalue weighted by Gasteiger charge is -2.07. The molecular formula is C13H14ClNOS. The van der Waals surface area contributed by atoms with E-state index in [4.69, 9.17) is 22.1 Å². The van der Waals surface area contributed by atoms with Crippen molar-refractivity contribution in [1.82, 2.24) is 0 Å². The van der Waals surface area contributed by atoms with Crippen LogP contribution in [-0.2, 0) is 13.2 Å². The highest BCUT2D eigenvalue weighted by Gasteiger charge is 2.04. The third kappa shape index (κ3) is 3.22. The van der Waals surface area contributed by atoms with Crippen LogP contribution in [0.15, 0.2) is 30.3 Å². The van der Waals surface area contributed by atoms with E-state index < -0.39 is 0 Å². The van der Waals surface area contributed by atoms with Crippen molar-refractivity contribution >= 4 is 22.9 Å². The summed E-state index contributed by atoms with van der Waals surface area (Å²) >= 11 is 7.72. The van der Waals surface area contributed by atoms with Crippen LogP contribution < -0.4 is 10.5 Å². The molecule has 2 rings (SSSR count). The number of thiophene rings is 1. The lowest BCUT2D eigenvalue weighted by molar-refractivity contribution is 0.310. The zero-order valence-corrected chi connectivity index (χ0v) is 11.1. The molecule has 0 saturated carbocycles. The van der Waals surface area contributed by atoms with Gasteiger partial charge >= 0.3 is 0 Å². The summed E-state index contributed by atoms with van der Waals surface area (Å²) in [6.45, 7) is 3.13. The maximum absolute atomic E-state index is 6.05. The molecule has 2 N–H and O–H groups in total. The predicted molar refractivity (Wildman–Crippen MR) is 72.7 cm³/mol. The van der Waals surface area contributed by atoms with E-state index in [2.05, 4.69) is 0 Å². The van der Waals surface area contributed by atoms with Crippen LogP contribution in [0.4, 0.5) is 0 Å². The first-order valence-electron chi connectivity index (χ1n) is 5.35. The summed E-state index contributed by atoms with van der Waals surface area (Å²) < 4.78 is 5.70. The normalized spacial score (nSPS) is 10.5. The molecule has 0 aliphatic heterocycles. The van der Waals surface area contributed by atoms with Gasteiger partial charge in [0, 0.05) is 16.3 Å². The molecule has 0 amide bonds. The second-order valence-corrected chi connectivity index (χ2v) is 5.45. The van der Waals surface area contributed by atoms with Gasteiger partial charge in [0.25, 0.3) is 0 Å². The van der Waals surface area contributed by atoms with Crippen LogP contribution >= 0.6 is 22.9 Å². The molecular weight excluding hydrogens is 254 g/mol. The zero-order chi connectivity index (χ0) is 12.3. The molecule has 90 valence electrons. The van der Waals surface area contributed by atoms with Gasteiger partial charge in [0.2, 0.25) is 0 Å². The van der Waals surface area contributed by atoms with Crippen molar-refractivity contribution in [3.63, 3.8) is 0 Å². The van der Waals surface area contributed by atoms with Gasteiger partial charge in [0.05, 0.1) is 5.02 Å². The molecule has 1 aromatic carbocycles. The molecule has 0 radical (unpaired) electrons. The van der Waals surface area contributed by atoms with Crippen molar-refractivity contribution in [3.05, 3.63) is 50.7 Å². The van der Waals surface area contributed by atoms with Gasteiger partial charge in [-0.1, -0.05) is 17.7 Å². The quantitative estimate of drug-likeness (QED) is 0.916. The number of rotatable bonds is 4. The average Bonchev–Trinajstić information content (AvgIpc) is 2.78. The predicted octanol–water partition coefficient (Wildman–Crippen LogP) is 3.75. The SMILES string of the molecule is Cc1ccc(Cl)c(OCc2ccc(CN)s2)c1. The molecule has 0 atom stereocenters. The fourth-order valence-electron chi connectivity index (χ4n) is 1.48. The molecule has 0 aliphatic carbocycles. The molecule has 2 nitrogen and oxygen atoms in total. The number of aryl methyl sites for hydroxylation is 1. The van der Waals surface area contributed by atoms with Crippen molar-refractivity contribution in [3.8, 4) is 5.75 Å². The lowest BCUT2D eigenvalue weighted by atomic mass is 10.2. The van der Waals surface area contributed by atoms with E-state index in [-0.39, 0.29) is 0 Å². The van der Waals surface area contributed by atoms with E-state index >= 15 is 0 Å². The Morgan fingerprint density at radius 3 is 2.71 bits per heavy atom. The molecule has 1 aromatic heterocycles. The molecule has 17 heavy (non-hydrogen) atoms. The summed E-state index contributed by atoms with van der Waals surface area (Å²) in [4.78, 5) is 2.32. The van der Waals surface area contributed by atoms with Crippen molar-refractivity contribution in [1.29, 1.82) is 0 Å². The maximum Gasteiger partial charge on any atom is 0.138 e. The van der Waals surface area contributed by atoms with Gasteiger partial charge in [-0.05, 0) is 36.8 Å². The van der Waals surface area contributed by atoms with Gasteiger partial charge in [-0.25, -0.2) is 0 Å². The summed E-state index contributed by atoms with van der Waals surface area (Å²) in [6.07, 6.45) is 0. The van der Waals surface area contributed by atoms with Crippen LogP contribution in [0, 0.1) is 6.92 Å². The van der Waals surface area contributed by atoms with Crippen molar-refractivity contribution in [2.45, 2.75) is 20.1 Å². The first-order valence-corrected chi connectivity index (χ1v) is 6.55. The first-order chi connectivity index (χ1) is 8.19. The molecule has 4 heteroatoms. The molecule has 0 saturated heterocycles. The number of hydrogen-bond acceptors (Lipinski definition) is 3. The third-order valence-electron chi connectivity index (χ3n) is 2.38. The summed E-state index contributed by atoms with van der Waals surface area (Å²) in [5, 5.41) is 0.645. The third-order valence-corrected chi connectivity index (χ3v) is 3.77. The Morgan fingerprint density at radius 1 is 1.24 bits per heavy atom. The van der Waals surface area contributed by atoms with Crippen LogP contribution in [0.2, 0.25) is 5.02 Å². The van der Waals surface area contributed by atoms with E-state index in [0.717, 1.165) is 16.2 Å². The Bertz CT molecular complexity index is 510. The highest BCUT2D eigenvalue weighted by molar-refractivity contribution is 7.11. The minimum Gasteiger partial charge on any atom is -0.486 e. The largest absolute Gasteiger partial charge is 0.486 e. The van der Waals surface area contributed by atoms with E-state index in [0.29, 0.717) is 18.2 Å². The minimum atomic E-state index is 0.536. The van der Waals surface area contributed by atoms with Crippen LogP contribution in [0.5, 0.6) is 5.75 Å². The van der Waals surface area contributed by atoms with Gasteiger partial charge in [-0.15, -0.1) is 11.3 Å². The highest BCUT2D eigenvalue weighted by atomic mass is 35.5. The Balaban J connectivity index is 2.04.